The molecule has 0 spiro atoms. The Kier molecular flexibility index (Phi) is 3.64. The van der Waals surface area contributed by atoms with Crippen molar-refractivity contribution in [1.82, 2.24) is 4.98 Å². The van der Waals surface area contributed by atoms with Crippen LogP contribution in [-0.2, 0) is 12.8 Å². The third-order valence-electron chi connectivity index (χ3n) is 2.61. The lowest BCUT2D eigenvalue weighted by Crippen LogP contribution is -2.34. The van der Waals surface area contributed by atoms with E-state index in [-0.39, 0.29) is 0 Å². The van der Waals surface area contributed by atoms with Crippen molar-refractivity contribution in [2.45, 2.75) is 17.6 Å². The Bertz CT molecular complexity index is 512. The van der Waals surface area contributed by atoms with E-state index in [2.05, 4.69) is 17.1 Å². The molecule has 3 nitrogen and oxygen atoms in total. The fourth-order valence-corrected chi connectivity index (χ4v) is 2.40. The molecular formula is C13H16N3S+. The molecule has 0 saturated carbocycles. The van der Waals surface area contributed by atoms with Gasteiger partial charge in [0.1, 0.15) is 6.20 Å². The average Bonchev–Trinajstić information content (AvgIpc) is 2.33. The van der Waals surface area contributed by atoms with Gasteiger partial charge >= 0.3 is 0 Å². The number of aromatic nitrogens is 2. The van der Waals surface area contributed by atoms with Crippen LogP contribution in [0.4, 0.5) is 5.82 Å². The van der Waals surface area contributed by atoms with Crippen molar-refractivity contribution in [3.8, 4) is 0 Å². The summed E-state index contributed by atoms with van der Waals surface area (Å²) in [7, 11) is 1.98. The third kappa shape index (κ3) is 2.97. The van der Waals surface area contributed by atoms with Crippen LogP contribution in [0.3, 0.4) is 0 Å². The number of aryl methyl sites for hydroxylation is 2. The smallest absolute Gasteiger partial charge is 0.297 e. The molecule has 2 aromatic rings. The van der Waals surface area contributed by atoms with E-state index >= 15 is 0 Å². The molecule has 0 fully saturated rings. The number of nitrogens with two attached hydrogens (primary N) is 1. The Morgan fingerprint density at radius 2 is 2.00 bits per heavy atom. The highest BCUT2D eigenvalue weighted by atomic mass is 32.2. The first kappa shape index (κ1) is 11.9. The summed E-state index contributed by atoms with van der Waals surface area (Å²) in [6.07, 6.45) is 2.05. The van der Waals surface area contributed by atoms with Crippen molar-refractivity contribution in [3.05, 3.63) is 47.9 Å². The van der Waals surface area contributed by atoms with E-state index in [1.54, 1.807) is 11.8 Å². The van der Waals surface area contributed by atoms with E-state index < -0.39 is 0 Å². The van der Waals surface area contributed by atoms with Crippen molar-refractivity contribution >= 4 is 17.6 Å². The van der Waals surface area contributed by atoms with Gasteiger partial charge in [0, 0.05) is 17.6 Å². The van der Waals surface area contributed by atoms with Crippen molar-refractivity contribution < 1.29 is 4.57 Å². The number of nitrogen functional groups attached to an aromatic ring is 1. The topological polar surface area (TPSA) is 42.8 Å². The van der Waals surface area contributed by atoms with E-state index in [1.807, 2.05) is 42.9 Å². The highest BCUT2D eigenvalue weighted by Crippen LogP contribution is 2.23. The lowest BCUT2D eigenvalue weighted by molar-refractivity contribution is -0.681. The summed E-state index contributed by atoms with van der Waals surface area (Å²) in [6.45, 7) is 1.95. The molecule has 2 N–H and O–H groups in total. The summed E-state index contributed by atoms with van der Waals surface area (Å²) in [6, 6.07) is 10.3. The quantitative estimate of drug-likeness (QED) is 0.666. The van der Waals surface area contributed by atoms with E-state index in [9.17, 15) is 0 Å². The average molecular weight is 246 g/mol. The van der Waals surface area contributed by atoms with Crippen molar-refractivity contribution in [3.63, 3.8) is 0 Å². The van der Waals surface area contributed by atoms with E-state index in [4.69, 9.17) is 5.73 Å². The van der Waals surface area contributed by atoms with Crippen LogP contribution in [0.1, 0.15) is 11.4 Å². The molecule has 0 aliphatic rings. The summed E-state index contributed by atoms with van der Waals surface area (Å²) in [5.41, 5.74) is 6.99. The minimum absolute atomic E-state index is 0.629. The van der Waals surface area contributed by atoms with Crippen LogP contribution in [0.5, 0.6) is 0 Å². The highest BCUT2D eigenvalue weighted by molar-refractivity contribution is 7.98. The molecule has 1 heterocycles. The maximum absolute atomic E-state index is 5.92. The molecule has 0 aliphatic heterocycles. The second-order valence-corrected chi connectivity index (χ2v) is 4.96. The first-order chi connectivity index (χ1) is 8.16. The summed E-state index contributed by atoms with van der Waals surface area (Å²) < 4.78 is 2.00. The number of hydrogen-bond donors (Lipinski definition) is 1. The van der Waals surface area contributed by atoms with Crippen LogP contribution in [0.25, 0.3) is 0 Å². The molecule has 0 atom stereocenters. The molecule has 0 aliphatic carbocycles. The number of benzene rings is 1. The molecule has 0 unspecified atom stereocenters. The second kappa shape index (κ2) is 5.19. The summed E-state index contributed by atoms with van der Waals surface area (Å²) in [5, 5.41) is 0. The maximum atomic E-state index is 5.92. The Morgan fingerprint density at radius 1 is 1.29 bits per heavy atom. The van der Waals surface area contributed by atoms with Gasteiger partial charge in [0.05, 0.1) is 12.6 Å². The zero-order chi connectivity index (χ0) is 12.3. The largest absolute Gasteiger partial charge is 0.363 e. The van der Waals surface area contributed by atoms with Gasteiger partial charge < -0.3 is 5.73 Å². The molecule has 88 valence electrons. The Balaban J connectivity index is 2.12. The lowest BCUT2D eigenvalue weighted by Gasteiger charge is -2.03. The van der Waals surface area contributed by atoms with Crippen LogP contribution in [0.2, 0.25) is 0 Å². The van der Waals surface area contributed by atoms with Gasteiger partial charge in [-0.3, -0.25) is 0 Å². The van der Waals surface area contributed by atoms with Gasteiger partial charge in [0.25, 0.3) is 5.82 Å². The van der Waals surface area contributed by atoms with Gasteiger partial charge in [-0.25, -0.2) is 4.57 Å². The molecule has 1 aromatic heterocycles. The van der Waals surface area contributed by atoms with Crippen molar-refractivity contribution in [1.29, 1.82) is 0 Å². The van der Waals surface area contributed by atoms with Crippen LogP contribution >= 0.6 is 11.8 Å². The predicted molar refractivity (Wildman–Crippen MR) is 70.6 cm³/mol. The van der Waals surface area contributed by atoms with Gasteiger partial charge in [-0.1, -0.05) is 18.2 Å². The summed E-state index contributed by atoms with van der Waals surface area (Å²) in [5.74, 6) is 2.40. The predicted octanol–water partition coefficient (Wildman–Crippen LogP) is 2.09. The van der Waals surface area contributed by atoms with Gasteiger partial charge in [-0.05, 0) is 17.1 Å². The van der Waals surface area contributed by atoms with Crippen LogP contribution in [0.15, 0.2) is 41.4 Å². The Labute approximate surface area is 106 Å². The summed E-state index contributed by atoms with van der Waals surface area (Å²) in [4.78, 5) is 5.56. The van der Waals surface area contributed by atoms with Crippen molar-refractivity contribution in [2.24, 2.45) is 7.05 Å². The third-order valence-corrected chi connectivity index (χ3v) is 3.67. The van der Waals surface area contributed by atoms with E-state index in [0.717, 1.165) is 17.1 Å². The van der Waals surface area contributed by atoms with Gasteiger partial charge in [0.15, 0.2) is 0 Å². The normalized spacial score (nSPS) is 10.5. The van der Waals surface area contributed by atoms with Crippen LogP contribution in [0, 0.1) is 6.92 Å². The fraction of sp³-hybridized carbons (Fsp3) is 0.231. The first-order valence-corrected chi connectivity index (χ1v) is 6.45. The molecule has 17 heavy (non-hydrogen) atoms. The Hall–Kier alpha value is -1.55. The molecule has 4 heteroatoms. The van der Waals surface area contributed by atoms with E-state index in [1.165, 1.54) is 4.90 Å². The second-order valence-electron chi connectivity index (χ2n) is 3.91. The van der Waals surface area contributed by atoms with Crippen molar-refractivity contribution in [2.75, 3.05) is 5.73 Å². The molecule has 0 saturated heterocycles. The monoisotopic (exact) mass is 246 g/mol. The van der Waals surface area contributed by atoms with Gasteiger partial charge in [-0.2, -0.15) is 0 Å². The number of thioether (sulfide) groups is 1. The standard InChI is InChI=1S/C13H15N3S/c1-10-15-13(14)11(8-16(10)2)9-17-12-6-4-3-5-7-12/h3-8,14H,9H2,1-2H3/p+1. The Morgan fingerprint density at radius 3 is 2.71 bits per heavy atom. The van der Waals surface area contributed by atoms with Crippen LogP contribution in [-0.4, -0.2) is 4.98 Å². The van der Waals surface area contributed by atoms with Gasteiger partial charge in [-0.15, -0.1) is 11.8 Å². The highest BCUT2D eigenvalue weighted by Gasteiger charge is 2.12. The molecule has 0 bridgehead atoms. The minimum Gasteiger partial charge on any atom is -0.363 e. The summed E-state index contributed by atoms with van der Waals surface area (Å²) >= 11 is 1.77. The number of rotatable bonds is 3. The zero-order valence-corrected chi connectivity index (χ0v) is 10.9. The van der Waals surface area contributed by atoms with Crippen LogP contribution < -0.4 is 10.3 Å². The fourth-order valence-electron chi connectivity index (χ4n) is 1.51. The van der Waals surface area contributed by atoms with E-state index in [0.29, 0.717) is 5.82 Å². The lowest BCUT2D eigenvalue weighted by atomic mass is 10.3. The molecular weight excluding hydrogens is 230 g/mol. The number of nitrogens with zero attached hydrogens (tertiary/aromatic N) is 2. The zero-order valence-electron chi connectivity index (χ0n) is 10.1. The number of hydrogen-bond acceptors (Lipinski definition) is 3. The SMILES string of the molecule is Cc1nc(N)c(CSc2ccccc2)c[n+]1C. The number of anilines is 1. The minimum atomic E-state index is 0.629. The molecule has 1 aromatic carbocycles. The first-order valence-electron chi connectivity index (χ1n) is 5.46. The maximum Gasteiger partial charge on any atom is 0.297 e. The molecule has 0 radical (unpaired) electrons. The van der Waals surface area contributed by atoms with Gasteiger partial charge in [0.2, 0.25) is 5.82 Å². The molecule has 2 rings (SSSR count). The molecule has 0 amide bonds.